The van der Waals surface area contributed by atoms with Crippen LogP contribution in [0.3, 0.4) is 0 Å². The summed E-state index contributed by atoms with van der Waals surface area (Å²) in [5, 5.41) is 14.1. The number of methoxy groups -OCH3 is 1. The molecule has 0 aliphatic rings. The van der Waals surface area contributed by atoms with Gasteiger partial charge in [0.15, 0.2) is 10.9 Å². The first kappa shape index (κ1) is 15.9. The lowest BCUT2D eigenvalue weighted by atomic mass is 10.1. The second-order valence-electron chi connectivity index (χ2n) is 4.98. The van der Waals surface area contributed by atoms with Crippen LogP contribution >= 0.6 is 11.3 Å². The predicted molar refractivity (Wildman–Crippen MR) is 91.6 cm³/mol. The van der Waals surface area contributed by atoms with Crippen LogP contribution in [0.5, 0.6) is 5.75 Å². The fourth-order valence-corrected chi connectivity index (χ4v) is 3.18. The Labute approximate surface area is 141 Å². The number of nitrogens with one attached hydrogen (secondary N) is 1. The second-order valence-corrected chi connectivity index (χ2v) is 6.01. The second kappa shape index (κ2) is 6.63. The first-order valence-electron chi connectivity index (χ1n) is 7.03. The lowest BCUT2D eigenvalue weighted by Gasteiger charge is -2.01. The quantitative estimate of drug-likeness (QED) is 0.566. The molecular formula is C16H13N3O4S. The van der Waals surface area contributed by atoms with Gasteiger partial charge in [-0.2, -0.15) is 0 Å². The van der Waals surface area contributed by atoms with E-state index in [4.69, 9.17) is 4.74 Å². The third-order valence-electron chi connectivity index (χ3n) is 3.33. The molecule has 8 heteroatoms. The molecule has 24 heavy (non-hydrogen) atoms. The number of hydrogen-bond donors (Lipinski definition) is 1. The van der Waals surface area contributed by atoms with E-state index in [1.165, 1.54) is 30.6 Å². The number of thiazole rings is 1. The van der Waals surface area contributed by atoms with E-state index in [2.05, 4.69) is 10.3 Å². The monoisotopic (exact) mass is 343 g/mol. The van der Waals surface area contributed by atoms with E-state index in [1.54, 1.807) is 0 Å². The normalized spacial score (nSPS) is 10.5. The van der Waals surface area contributed by atoms with Crippen molar-refractivity contribution < 1.29 is 14.5 Å². The number of carbonyl (C=O) groups is 1. The SMILES string of the molecule is COc1cc([N+](=O)[O-])cc2sc(NC(=O)Cc3ccccc3)nc12. The Morgan fingerprint density at radius 3 is 2.75 bits per heavy atom. The fourth-order valence-electron chi connectivity index (χ4n) is 2.24. The van der Waals surface area contributed by atoms with Crippen LogP contribution in [0.2, 0.25) is 0 Å². The maximum Gasteiger partial charge on any atom is 0.274 e. The van der Waals surface area contributed by atoms with Gasteiger partial charge in [-0.25, -0.2) is 4.98 Å². The van der Waals surface area contributed by atoms with E-state index < -0.39 is 4.92 Å². The van der Waals surface area contributed by atoms with Crippen molar-refractivity contribution in [2.45, 2.75) is 6.42 Å². The number of aromatic nitrogens is 1. The van der Waals surface area contributed by atoms with Gasteiger partial charge in [-0.05, 0) is 5.56 Å². The van der Waals surface area contributed by atoms with Crippen LogP contribution in [-0.2, 0) is 11.2 Å². The number of rotatable bonds is 5. The molecular weight excluding hydrogens is 330 g/mol. The topological polar surface area (TPSA) is 94.4 Å². The van der Waals surface area contributed by atoms with Gasteiger partial charge in [-0.3, -0.25) is 14.9 Å². The minimum Gasteiger partial charge on any atom is -0.494 e. The largest absolute Gasteiger partial charge is 0.494 e. The number of ether oxygens (including phenoxy) is 1. The van der Waals surface area contributed by atoms with Crippen LogP contribution in [0.25, 0.3) is 10.2 Å². The minimum atomic E-state index is -0.491. The molecule has 1 amide bonds. The highest BCUT2D eigenvalue weighted by Crippen LogP contribution is 2.36. The van der Waals surface area contributed by atoms with Crippen LogP contribution in [0.15, 0.2) is 42.5 Å². The number of carbonyl (C=O) groups excluding carboxylic acids is 1. The Bertz CT molecular complexity index is 908. The Hall–Kier alpha value is -3.00. The molecule has 0 spiro atoms. The summed E-state index contributed by atoms with van der Waals surface area (Å²) < 4.78 is 5.74. The van der Waals surface area contributed by atoms with Gasteiger partial charge in [0, 0.05) is 6.07 Å². The molecule has 7 nitrogen and oxygen atoms in total. The van der Waals surface area contributed by atoms with Crippen LogP contribution in [0.1, 0.15) is 5.56 Å². The van der Waals surface area contributed by atoms with Gasteiger partial charge in [0.05, 0.1) is 29.2 Å². The summed E-state index contributed by atoms with van der Waals surface area (Å²) in [6.07, 6.45) is 0.230. The van der Waals surface area contributed by atoms with Crippen molar-refractivity contribution in [1.82, 2.24) is 4.98 Å². The van der Waals surface area contributed by atoms with Crippen LogP contribution in [0, 0.1) is 10.1 Å². The predicted octanol–water partition coefficient (Wildman–Crippen LogP) is 3.39. The Balaban J connectivity index is 1.85. The Morgan fingerprint density at radius 2 is 2.08 bits per heavy atom. The summed E-state index contributed by atoms with van der Waals surface area (Å²) >= 11 is 1.17. The van der Waals surface area contributed by atoms with Gasteiger partial charge in [0.25, 0.3) is 5.69 Å². The Morgan fingerprint density at radius 1 is 1.33 bits per heavy atom. The molecule has 1 aromatic heterocycles. The van der Waals surface area contributed by atoms with Crippen molar-refractivity contribution in [2.75, 3.05) is 12.4 Å². The number of benzene rings is 2. The number of nitro benzene ring substituents is 1. The first-order chi connectivity index (χ1) is 11.6. The molecule has 1 N–H and O–H groups in total. The molecule has 0 saturated carbocycles. The molecule has 0 unspecified atom stereocenters. The maximum atomic E-state index is 12.1. The number of non-ortho nitro benzene ring substituents is 1. The first-order valence-corrected chi connectivity index (χ1v) is 7.85. The van der Waals surface area contributed by atoms with Gasteiger partial charge in [-0.1, -0.05) is 41.7 Å². The van der Waals surface area contributed by atoms with Crippen molar-refractivity contribution in [3.8, 4) is 5.75 Å². The van der Waals surface area contributed by atoms with E-state index in [-0.39, 0.29) is 18.0 Å². The molecule has 0 bridgehead atoms. The maximum absolute atomic E-state index is 12.1. The van der Waals surface area contributed by atoms with E-state index in [0.29, 0.717) is 21.1 Å². The molecule has 3 aromatic rings. The molecule has 122 valence electrons. The molecule has 1 heterocycles. The van der Waals surface area contributed by atoms with Gasteiger partial charge in [-0.15, -0.1) is 0 Å². The van der Waals surface area contributed by atoms with Crippen molar-refractivity contribution in [3.05, 3.63) is 58.1 Å². The molecule has 0 radical (unpaired) electrons. The molecule has 0 aliphatic heterocycles. The number of anilines is 1. The summed E-state index contributed by atoms with van der Waals surface area (Å²) in [6, 6.07) is 12.1. The molecule has 0 aliphatic carbocycles. The van der Waals surface area contributed by atoms with Gasteiger partial charge in [0.1, 0.15) is 5.52 Å². The lowest BCUT2D eigenvalue weighted by Crippen LogP contribution is -2.14. The van der Waals surface area contributed by atoms with E-state index in [0.717, 1.165) is 5.56 Å². The van der Waals surface area contributed by atoms with Crippen LogP contribution in [-0.4, -0.2) is 22.9 Å². The molecule has 3 rings (SSSR count). The third-order valence-corrected chi connectivity index (χ3v) is 4.25. The smallest absolute Gasteiger partial charge is 0.274 e. The highest BCUT2D eigenvalue weighted by Gasteiger charge is 2.17. The number of nitrogens with zero attached hydrogens (tertiary/aromatic N) is 2. The number of nitro groups is 1. The average Bonchev–Trinajstić information content (AvgIpc) is 2.96. The standard InChI is InChI=1S/C16H13N3O4S/c1-23-12-8-11(19(21)22)9-13-15(12)18-16(24-13)17-14(20)7-10-5-3-2-4-6-10/h2-6,8-9H,7H2,1H3,(H,17,18,20). The van der Waals surface area contributed by atoms with E-state index in [9.17, 15) is 14.9 Å². The zero-order valence-corrected chi connectivity index (χ0v) is 13.5. The zero-order chi connectivity index (χ0) is 17.1. The van der Waals surface area contributed by atoms with Crippen molar-refractivity contribution in [2.24, 2.45) is 0 Å². The Kier molecular flexibility index (Phi) is 4.39. The zero-order valence-electron chi connectivity index (χ0n) is 12.7. The van der Waals surface area contributed by atoms with E-state index in [1.807, 2.05) is 30.3 Å². The van der Waals surface area contributed by atoms with Crippen molar-refractivity contribution in [3.63, 3.8) is 0 Å². The number of fused-ring (bicyclic) bond motifs is 1. The molecule has 2 aromatic carbocycles. The molecule has 0 saturated heterocycles. The van der Waals surface area contributed by atoms with Gasteiger partial charge in [0.2, 0.25) is 5.91 Å². The highest BCUT2D eigenvalue weighted by molar-refractivity contribution is 7.22. The minimum absolute atomic E-state index is 0.0786. The van der Waals surface area contributed by atoms with Gasteiger partial charge >= 0.3 is 0 Å². The molecule has 0 fully saturated rings. The van der Waals surface area contributed by atoms with Crippen LogP contribution < -0.4 is 10.1 Å². The fraction of sp³-hybridized carbons (Fsp3) is 0.125. The summed E-state index contributed by atoms with van der Waals surface area (Å²) in [5.41, 5.74) is 1.30. The molecule has 0 atom stereocenters. The van der Waals surface area contributed by atoms with Crippen LogP contribution in [0.4, 0.5) is 10.8 Å². The lowest BCUT2D eigenvalue weighted by molar-refractivity contribution is -0.384. The number of amides is 1. The van der Waals surface area contributed by atoms with Gasteiger partial charge < -0.3 is 10.1 Å². The van der Waals surface area contributed by atoms with Crippen molar-refractivity contribution in [1.29, 1.82) is 0 Å². The van der Waals surface area contributed by atoms with E-state index >= 15 is 0 Å². The summed E-state index contributed by atoms with van der Waals surface area (Å²) in [4.78, 5) is 26.9. The highest BCUT2D eigenvalue weighted by atomic mass is 32.1. The summed E-state index contributed by atoms with van der Waals surface area (Å²) in [5.74, 6) is 0.104. The number of hydrogen-bond acceptors (Lipinski definition) is 6. The van der Waals surface area contributed by atoms with Crippen molar-refractivity contribution >= 4 is 38.3 Å². The average molecular weight is 343 g/mol. The third kappa shape index (κ3) is 3.33. The summed E-state index contributed by atoms with van der Waals surface area (Å²) in [6.45, 7) is 0. The summed E-state index contributed by atoms with van der Waals surface area (Å²) in [7, 11) is 1.42.